The van der Waals surface area contributed by atoms with Crippen LogP contribution in [0.4, 0.5) is 5.69 Å². The van der Waals surface area contributed by atoms with E-state index in [4.69, 9.17) is 10.5 Å². The van der Waals surface area contributed by atoms with Gasteiger partial charge in [0.15, 0.2) is 15.6 Å². The molecule has 2 aromatic rings. The van der Waals surface area contributed by atoms with Gasteiger partial charge in [0.1, 0.15) is 5.75 Å². The standard InChI is InChI=1S/C13H12BrNO3S/c1-19(16,17)11-5-3-10(4-6-11)18-13-8-9(14)2-7-12(13)15/h2-8H,15H2,1H3. The predicted octanol–water partition coefficient (Wildman–Crippen LogP) is 3.23. The Bertz CT molecular complexity index is 696. The van der Waals surface area contributed by atoms with Crippen molar-refractivity contribution < 1.29 is 13.2 Å². The lowest BCUT2D eigenvalue weighted by Crippen LogP contribution is -1.97. The van der Waals surface area contributed by atoms with E-state index in [-0.39, 0.29) is 4.90 Å². The summed E-state index contributed by atoms with van der Waals surface area (Å²) in [5.41, 5.74) is 6.30. The molecule has 0 atom stereocenters. The summed E-state index contributed by atoms with van der Waals surface area (Å²) >= 11 is 3.33. The molecule has 2 N–H and O–H groups in total. The van der Waals surface area contributed by atoms with Crippen molar-refractivity contribution in [2.24, 2.45) is 0 Å². The van der Waals surface area contributed by atoms with E-state index in [1.54, 1.807) is 24.3 Å². The van der Waals surface area contributed by atoms with Crippen LogP contribution in [0.2, 0.25) is 0 Å². The van der Waals surface area contributed by atoms with Gasteiger partial charge >= 0.3 is 0 Å². The topological polar surface area (TPSA) is 69.4 Å². The third-order valence-corrected chi connectivity index (χ3v) is 4.08. The number of halogens is 1. The lowest BCUT2D eigenvalue weighted by molar-refractivity contribution is 0.484. The largest absolute Gasteiger partial charge is 0.455 e. The minimum atomic E-state index is -3.20. The van der Waals surface area contributed by atoms with Crippen molar-refractivity contribution >= 4 is 31.5 Å². The van der Waals surface area contributed by atoms with Gasteiger partial charge in [-0.3, -0.25) is 0 Å². The number of nitrogens with two attached hydrogens (primary N) is 1. The van der Waals surface area contributed by atoms with Crippen LogP contribution in [0.1, 0.15) is 0 Å². The molecule has 100 valence electrons. The first-order chi connectivity index (χ1) is 8.86. The molecule has 6 heteroatoms. The van der Waals surface area contributed by atoms with Gasteiger partial charge < -0.3 is 10.5 Å². The molecule has 0 heterocycles. The van der Waals surface area contributed by atoms with Gasteiger partial charge in [0, 0.05) is 10.7 Å². The molecule has 4 nitrogen and oxygen atoms in total. The van der Waals surface area contributed by atoms with Gasteiger partial charge in [-0.2, -0.15) is 0 Å². The zero-order valence-corrected chi connectivity index (χ0v) is 12.5. The lowest BCUT2D eigenvalue weighted by atomic mass is 10.3. The first-order valence-corrected chi connectivity index (χ1v) is 8.08. The molecule has 0 amide bonds. The highest BCUT2D eigenvalue weighted by Gasteiger charge is 2.08. The maximum absolute atomic E-state index is 11.3. The fourth-order valence-electron chi connectivity index (χ4n) is 1.48. The van der Waals surface area contributed by atoms with Crippen LogP contribution in [-0.2, 0) is 9.84 Å². The summed E-state index contributed by atoms with van der Waals surface area (Å²) < 4.78 is 29.1. The fourth-order valence-corrected chi connectivity index (χ4v) is 2.45. The summed E-state index contributed by atoms with van der Waals surface area (Å²) in [7, 11) is -3.20. The van der Waals surface area contributed by atoms with E-state index in [0.717, 1.165) is 10.7 Å². The van der Waals surface area contributed by atoms with Gasteiger partial charge in [-0.25, -0.2) is 8.42 Å². The zero-order valence-electron chi connectivity index (χ0n) is 10.1. The number of benzene rings is 2. The Labute approximate surface area is 120 Å². The molecule has 0 aliphatic heterocycles. The Morgan fingerprint density at radius 3 is 2.32 bits per heavy atom. The van der Waals surface area contributed by atoms with Crippen molar-refractivity contribution in [2.75, 3.05) is 12.0 Å². The Morgan fingerprint density at radius 2 is 1.74 bits per heavy atom. The van der Waals surface area contributed by atoms with Gasteiger partial charge in [-0.05, 0) is 42.5 Å². The molecule has 0 bridgehead atoms. The van der Waals surface area contributed by atoms with E-state index >= 15 is 0 Å². The number of hydrogen-bond donors (Lipinski definition) is 1. The average Bonchev–Trinajstić information content (AvgIpc) is 2.33. The minimum Gasteiger partial charge on any atom is -0.455 e. The molecule has 0 aliphatic rings. The van der Waals surface area contributed by atoms with E-state index in [1.165, 1.54) is 12.1 Å². The van der Waals surface area contributed by atoms with Crippen LogP contribution in [0.25, 0.3) is 0 Å². The molecule has 0 fully saturated rings. The van der Waals surface area contributed by atoms with Crippen molar-refractivity contribution in [3.05, 3.63) is 46.9 Å². The third-order valence-electron chi connectivity index (χ3n) is 2.46. The first kappa shape index (κ1) is 13.9. The Kier molecular flexibility index (Phi) is 3.82. The second-order valence-electron chi connectivity index (χ2n) is 4.03. The molecule has 0 saturated heterocycles. The van der Waals surface area contributed by atoms with Crippen LogP contribution < -0.4 is 10.5 Å². The van der Waals surface area contributed by atoms with Crippen molar-refractivity contribution in [2.45, 2.75) is 4.90 Å². The van der Waals surface area contributed by atoms with Crippen LogP contribution in [-0.4, -0.2) is 14.7 Å². The number of ether oxygens (including phenoxy) is 1. The van der Waals surface area contributed by atoms with Crippen molar-refractivity contribution in [1.29, 1.82) is 0 Å². The van der Waals surface area contributed by atoms with Crippen molar-refractivity contribution in [3.63, 3.8) is 0 Å². The van der Waals surface area contributed by atoms with E-state index in [9.17, 15) is 8.42 Å². The van der Waals surface area contributed by atoms with Crippen LogP contribution in [0.15, 0.2) is 51.8 Å². The predicted molar refractivity (Wildman–Crippen MR) is 78.2 cm³/mol. The van der Waals surface area contributed by atoms with Crippen LogP contribution >= 0.6 is 15.9 Å². The number of nitrogen functional groups attached to an aromatic ring is 1. The lowest BCUT2D eigenvalue weighted by Gasteiger charge is -2.09. The van der Waals surface area contributed by atoms with Crippen LogP contribution in [0, 0.1) is 0 Å². The highest BCUT2D eigenvalue weighted by Crippen LogP contribution is 2.30. The molecular formula is C13H12BrNO3S. The van der Waals surface area contributed by atoms with Gasteiger partial charge in [-0.1, -0.05) is 15.9 Å². The molecule has 0 aliphatic carbocycles. The van der Waals surface area contributed by atoms with Crippen molar-refractivity contribution in [1.82, 2.24) is 0 Å². The smallest absolute Gasteiger partial charge is 0.175 e. The van der Waals surface area contributed by atoms with Crippen LogP contribution in [0.3, 0.4) is 0 Å². The molecule has 0 saturated carbocycles. The van der Waals surface area contributed by atoms with Gasteiger partial charge in [0.2, 0.25) is 0 Å². The average molecular weight is 342 g/mol. The molecule has 2 aromatic carbocycles. The summed E-state index contributed by atoms with van der Waals surface area (Å²) in [6.45, 7) is 0. The summed E-state index contributed by atoms with van der Waals surface area (Å²) in [5.74, 6) is 1.04. The quantitative estimate of drug-likeness (QED) is 0.870. The summed E-state index contributed by atoms with van der Waals surface area (Å²) in [6.07, 6.45) is 1.16. The molecule has 0 unspecified atom stereocenters. The maximum atomic E-state index is 11.3. The highest BCUT2D eigenvalue weighted by atomic mass is 79.9. The zero-order chi connectivity index (χ0) is 14.0. The van der Waals surface area contributed by atoms with Crippen LogP contribution in [0.5, 0.6) is 11.5 Å². The van der Waals surface area contributed by atoms with E-state index in [2.05, 4.69) is 15.9 Å². The number of rotatable bonds is 3. The van der Waals surface area contributed by atoms with Gasteiger partial charge in [-0.15, -0.1) is 0 Å². The SMILES string of the molecule is CS(=O)(=O)c1ccc(Oc2cc(Br)ccc2N)cc1. The maximum Gasteiger partial charge on any atom is 0.175 e. The van der Waals surface area contributed by atoms with E-state index in [0.29, 0.717) is 17.2 Å². The molecule has 19 heavy (non-hydrogen) atoms. The molecule has 0 spiro atoms. The Balaban J connectivity index is 2.27. The molecule has 0 aromatic heterocycles. The number of anilines is 1. The number of hydrogen-bond acceptors (Lipinski definition) is 4. The molecular weight excluding hydrogens is 330 g/mol. The first-order valence-electron chi connectivity index (χ1n) is 5.39. The Hall–Kier alpha value is -1.53. The monoisotopic (exact) mass is 341 g/mol. The molecule has 2 rings (SSSR count). The van der Waals surface area contributed by atoms with Crippen molar-refractivity contribution in [3.8, 4) is 11.5 Å². The summed E-state index contributed by atoms with van der Waals surface area (Å²) in [6, 6.07) is 11.5. The third kappa shape index (κ3) is 3.48. The van der Waals surface area contributed by atoms with E-state index in [1.807, 2.05) is 6.07 Å². The van der Waals surface area contributed by atoms with Gasteiger partial charge in [0.25, 0.3) is 0 Å². The highest BCUT2D eigenvalue weighted by molar-refractivity contribution is 9.10. The number of sulfone groups is 1. The second kappa shape index (κ2) is 5.22. The summed E-state index contributed by atoms with van der Waals surface area (Å²) in [5, 5.41) is 0. The fraction of sp³-hybridized carbons (Fsp3) is 0.0769. The van der Waals surface area contributed by atoms with E-state index < -0.39 is 9.84 Å². The second-order valence-corrected chi connectivity index (χ2v) is 6.96. The molecule has 0 radical (unpaired) electrons. The minimum absolute atomic E-state index is 0.252. The normalized spacial score (nSPS) is 11.3. The van der Waals surface area contributed by atoms with Gasteiger partial charge in [0.05, 0.1) is 10.6 Å². The Morgan fingerprint density at radius 1 is 1.11 bits per heavy atom. The summed E-state index contributed by atoms with van der Waals surface area (Å²) in [4.78, 5) is 0.252.